The van der Waals surface area contributed by atoms with Gasteiger partial charge in [0.25, 0.3) is 0 Å². The first-order chi connectivity index (χ1) is 8.22. The number of benzene rings is 1. The Labute approximate surface area is 110 Å². The molecular formula is C12H17BrN2O2. The van der Waals surface area contributed by atoms with Gasteiger partial charge in [-0.25, -0.2) is 4.79 Å². The lowest BCUT2D eigenvalue weighted by molar-refractivity contribution is 0.251. The van der Waals surface area contributed by atoms with E-state index in [1.807, 2.05) is 24.3 Å². The van der Waals surface area contributed by atoms with Gasteiger partial charge in [-0.05, 0) is 43.5 Å². The number of hydrogen-bond acceptors (Lipinski definition) is 2. The lowest BCUT2D eigenvalue weighted by Gasteiger charge is -2.07. The summed E-state index contributed by atoms with van der Waals surface area (Å²) >= 11 is 3.33. The van der Waals surface area contributed by atoms with E-state index in [1.54, 1.807) is 0 Å². The number of nitrogens with one attached hydrogen (secondary N) is 2. The van der Waals surface area contributed by atoms with E-state index in [0.29, 0.717) is 6.54 Å². The van der Waals surface area contributed by atoms with Crippen LogP contribution in [0.1, 0.15) is 19.3 Å². The van der Waals surface area contributed by atoms with Crippen molar-refractivity contribution in [2.75, 3.05) is 18.5 Å². The lowest BCUT2D eigenvalue weighted by Crippen LogP contribution is -2.29. The first kappa shape index (κ1) is 14.0. The highest BCUT2D eigenvalue weighted by Gasteiger charge is 2.00. The average Bonchev–Trinajstić information content (AvgIpc) is 2.32. The Bertz CT molecular complexity index is 341. The summed E-state index contributed by atoms with van der Waals surface area (Å²) in [6, 6.07) is 7.20. The predicted octanol–water partition coefficient (Wildman–Crippen LogP) is 2.73. The third-order valence-electron chi connectivity index (χ3n) is 2.22. The zero-order chi connectivity index (χ0) is 12.5. The third kappa shape index (κ3) is 6.28. The summed E-state index contributed by atoms with van der Waals surface area (Å²) < 4.78 is 0.979. The zero-order valence-corrected chi connectivity index (χ0v) is 11.2. The molecule has 0 aliphatic carbocycles. The molecule has 17 heavy (non-hydrogen) atoms. The summed E-state index contributed by atoms with van der Waals surface area (Å²) in [6.07, 6.45) is 2.60. The smallest absolute Gasteiger partial charge is 0.319 e. The Morgan fingerprint density at radius 1 is 1.18 bits per heavy atom. The van der Waals surface area contributed by atoms with Crippen molar-refractivity contribution >= 4 is 27.6 Å². The van der Waals surface area contributed by atoms with Crippen molar-refractivity contribution in [3.05, 3.63) is 28.7 Å². The second-order valence-electron chi connectivity index (χ2n) is 3.67. The Morgan fingerprint density at radius 2 is 1.88 bits per heavy atom. The standard InChI is InChI=1S/C12H17BrN2O2/c13-10-4-6-11(7-5-10)15-12(17)14-8-2-1-3-9-16/h4-7,16H,1-3,8-9H2,(H2,14,15,17). The first-order valence-corrected chi connectivity index (χ1v) is 6.43. The van der Waals surface area contributed by atoms with Crippen LogP contribution in [0.4, 0.5) is 10.5 Å². The van der Waals surface area contributed by atoms with Crippen molar-refractivity contribution in [1.82, 2.24) is 5.32 Å². The highest BCUT2D eigenvalue weighted by molar-refractivity contribution is 9.10. The van der Waals surface area contributed by atoms with Crippen molar-refractivity contribution in [1.29, 1.82) is 0 Å². The molecule has 0 radical (unpaired) electrons. The van der Waals surface area contributed by atoms with Crippen molar-refractivity contribution < 1.29 is 9.90 Å². The van der Waals surface area contributed by atoms with Crippen LogP contribution >= 0.6 is 15.9 Å². The van der Waals surface area contributed by atoms with Gasteiger partial charge in [-0.3, -0.25) is 0 Å². The van der Waals surface area contributed by atoms with Gasteiger partial charge in [0.05, 0.1) is 0 Å². The van der Waals surface area contributed by atoms with E-state index >= 15 is 0 Å². The Morgan fingerprint density at radius 3 is 2.53 bits per heavy atom. The number of carbonyl (C=O) groups is 1. The molecule has 0 fully saturated rings. The van der Waals surface area contributed by atoms with Crippen molar-refractivity contribution in [2.24, 2.45) is 0 Å². The maximum Gasteiger partial charge on any atom is 0.319 e. The van der Waals surface area contributed by atoms with Gasteiger partial charge in [-0.1, -0.05) is 15.9 Å². The monoisotopic (exact) mass is 300 g/mol. The van der Waals surface area contributed by atoms with E-state index in [-0.39, 0.29) is 12.6 Å². The molecule has 3 N–H and O–H groups in total. The molecule has 2 amide bonds. The predicted molar refractivity (Wildman–Crippen MR) is 72.1 cm³/mol. The molecular weight excluding hydrogens is 284 g/mol. The second kappa shape index (κ2) is 8.08. The van der Waals surface area contributed by atoms with E-state index in [2.05, 4.69) is 26.6 Å². The van der Waals surface area contributed by atoms with Crippen LogP contribution < -0.4 is 10.6 Å². The van der Waals surface area contributed by atoms with Crippen LogP contribution in [-0.4, -0.2) is 24.3 Å². The van der Waals surface area contributed by atoms with Gasteiger partial charge in [-0.2, -0.15) is 0 Å². The fourth-order valence-electron chi connectivity index (χ4n) is 1.32. The SMILES string of the molecule is O=C(NCCCCCO)Nc1ccc(Br)cc1. The Hall–Kier alpha value is -1.07. The molecule has 0 aliphatic heterocycles. The van der Waals surface area contributed by atoms with E-state index in [9.17, 15) is 4.79 Å². The van der Waals surface area contributed by atoms with Crippen LogP contribution in [0, 0.1) is 0 Å². The molecule has 0 atom stereocenters. The fourth-order valence-corrected chi connectivity index (χ4v) is 1.59. The van der Waals surface area contributed by atoms with Gasteiger partial charge in [0.2, 0.25) is 0 Å². The molecule has 0 aromatic heterocycles. The topological polar surface area (TPSA) is 61.4 Å². The van der Waals surface area contributed by atoms with Crippen molar-refractivity contribution in [2.45, 2.75) is 19.3 Å². The maximum absolute atomic E-state index is 11.4. The molecule has 0 unspecified atom stereocenters. The second-order valence-corrected chi connectivity index (χ2v) is 4.59. The number of hydrogen-bond donors (Lipinski definition) is 3. The molecule has 0 aliphatic rings. The van der Waals surface area contributed by atoms with E-state index < -0.39 is 0 Å². The number of aliphatic hydroxyl groups excluding tert-OH is 1. The number of amides is 2. The molecule has 94 valence electrons. The summed E-state index contributed by atoms with van der Waals surface area (Å²) in [7, 11) is 0. The number of rotatable bonds is 6. The maximum atomic E-state index is 11.4. The number of unbranched alkanes of at least 4 members (excludes halogenated alkanes) is 2. The van der Waals surface area contributed by atoms with Crippen LogP contribution in [0.5, 0.6) is 0 Å². The molecule has 1 rings (SSSR count). The first-order valence-electron chi connectivity index (χ1n) is 5.63. The summed E-state index contributed by atoms with van der Waals surface area (Å²) in [6.45, 7) is 0.841. The number of carbonyl (C=O) groups excluding carboxylic acids is 1. The Kier molecular flexibility index (Phi) is 6.65. The van der Waals surface area contributed by atoms with Crippen LogP contribution in [0.3, 0.4) is 0 Å². The molecule has 5 heteroatoms. The van der Waals surface area contributed by atoms with Crippen molar-refractivity contribution in [3.8, 4) is 0 Å². The largest absolute Gasteiger partial charge is 0.396 e. The van der Waals surface area contributed by atoms with E-state index in [4.69, 9.17) is 5.11 Å². The lowest BCUT2D eigenvalue weighted by atomic mass is 10.2. The van der Waals surface area contributed by atoms with E-state index in [0.717, 1.165) is 29.4 Å². The van der Waals surface area contributed by atoms with Gasteiger partial charge >= 0.3 is 6.03 Å². The molecule has 1 aromatic carbocycles. The van der Waals surface area contributed by atoms with Crippen molar-refractivity contribution in [3.63, 3.8) is 0 Å². The van der Waals surface area contributed by atoms with Gasteiger partial charge in [0, 0.05) is 23.3 Å². The van der Waals surface area contributed by atoms with Crippen LogP contribution in [0.15, 0.2) is 28.7 Å². The Balaban J connectivity index is 2.18. The molecule has 1 aromatic rings. The number of aliphatic hydroxyl groups is 1. The van der Waals surface area contributed by atoms with Gasteiger partial charge in [-0.15, -0.1) is 0 Å². The molecule has 0 bridgehead atoms. The number of urea groups is 1. The van der Waals surface area contributed by atoms with Gasteiger partial charge in [0.1, 0.15) is 0 Å². The van der Waals surface area contributed by atoms with Gasteiger partial charge < -0.3 is 15.7 Å². The molecule has 0 heterocycles. The van der Waals surface area contributed by atoms with Gasteiger partial charge in [0.15, 0.2) is 0 Å². The molecule has 0 spiro atoms. The average molecular weight is 301 g/mol. The summed E-state index contributed by atoms with van der Waals surface area (Å²) in [5.41, 5.74) is 0.765. The highest BCUT2D eigenvalue weighted by atomic mass is 79.9. The quantitative estimate of drug-likeness (QED) is 0.708. The molecule has 0 saturated carbocycles. The van der Waals surface area contributed by atoms with E-state index in [1.165, 1.54) is 0 Å². The molecule has 0 saturated heterocycles. The fraction of sp³-hybridized carbons (Fsp3) is 0.417. The summed E-state index contributed by atoms with van der Waals surface area (Å²) in [4.78, 5) is 11.4. The van der Waals surface area contributed by atoms with Crippen LogP contribution in [0.25, 0.3) is 0 Å². The minimum atomic E-state index is -0.198. The number of anilines is 1. The minimum Gasteiger partial charge on any atom is -0.396 e. The molecule has 4 nitrogen and oxygen atoms in total. The summed E-state index contributed by atoms with van der Waals surface area (Å²) in [5.74, 6) is 0. The highest BCUT2D eigenvalue weighted by Crippen LogP contribution is 2.13. The normalized spacial score (nSPS) is 10.0. The number of halogens is 1. The summed E-state index contributed by atoms with van der Waals surface area (Å²) in [5, 5.41) is 14.1. The minimum absolute atomic E-state index is 0.198. The van der Waals surface area contributed by atoms with Crippen LogP contribution in [0.2, 0.25) is 0 Å². The third-order valence-corrected chi connectivity index (χ3v) is 2.75. The zero-order valence-electron chi connectivity index (χ0n) is 9.58. The van der Waals surface area contributed by atoms with Crippen LogP contribution in [-0.2, 0) is 0 Å².